The van der Waals surface area contributed by atoms with Crippen LogP contribution in [0.25, 0.3) is 22.3 Å². The van der Waals surface area contributed by atoms with Crippen LogP contribution >= 0.6 is 0 Å². The fraction of sp³-hybridized carbons (Fsp3) is 0.0323. The first-order valence-corrected chi connectivity index (χ1v) is 25.0. The normalized spacial score (nSPS) is 12.6. The molecule has 66 heavy (non-hydrogen) atoms. The van der Waals surface area contributed by atoms with Crippen molar-refractivity contribution in [3.8, 4) is 22.3 Å². The molecule has 0 saturated heterocycles. The molecule has 2 aliphatic heterocycles. The third kappa shape index (κ3) is 6.40. The average molecular weight is 859 g/mol. The fourth-order valence-corrected chi connectivity index (χ4v) is 15.9. The lowest BCUT2D eigenvalue weighted by atomic mass is 9.33. The Balaban J connectivity index is 1.09. The van der Waals surface area contributed by atoms with E-state index in [1.54, 1.807) is 0 Å². The third-order valence-corrected chi connectivity index (χ3v) is 18.7. The molecule has 0 unspecified atom stereocenters. The van der Waals surface area contributed by atoms with E-state index in [1.165, 1.54) is 99.0 Å². The summed E-state index contributed by atoms with van der Waals surface area (Å²) >= 11 is 0. The Morgan fingerprint density at radius 3 is 1.41 bits per heavy atom. The van der Waals surface area contributed by atoms with Crippen molar-refractivity contribution in [3.63, 3.8) is 0 Å². The number of nitrogens with zero attached hydrogens (tertiary/aromatic N) is 2. The Kier molecular flexibility index (Phi) is 9.77. The van der Waals surface area contributed by atoms with Gasteiger partial charge in [-0.25, -0.2) is 0 Å². The van der Waals surface area contributed by atoms with Crippen LogP contribution in [0.2, 0.25) is 0 Å². The van der Waals surface area contributed by atoms with Crippen LogP contribution in [0.3, 0.4) is 0 Å². The van der Waals surface area contributed by atoms with Crippen molar-refractivity contribution in [1.82, 2.24) is 0 Å². The highest BCUT2D eigenvalue weighted by Gasteiger charge is 2.45. The lowest BCUT2D eigenvalue weighted by Gasteiger charge is -2.45. The smallest absolute Gasteiger partial charge is 0.252 e. The van der Waals surface area contributed by atoms with Gasteiger partial charge in [0.2, 0.25) is 0 Å². The highest BCUT2D eigenvalue weighted by atomic mass is 28.3. The van der Waals surface area contributed by atoms with Gasteiger partial charge >= 0.3 is 0 Å². The van der Waals surface area contributed by atoms with Crippen molar-refractivity contribution in [1.29, 1.82) is 0 Å². The Morgan fingerprint density at radius 1 is 0.318 bits per heavy atom. The Hall–Kier alpha value is -7.92. The molecule has 0 saturated carbocycles. The van der Waals surface area contributed by atoms with E-state index < -0.39 is 8.07 Å². The van der Waals surface area contributed by atoms with Crippen molar-refractivity contribution < 1.29 is 0 Å². The molecule has 0 amide bonds. The minimum absolute atomic E-state index is 0.0327. The van der Waals surface area contributed by atoms with Crippen LogP contribution in [-0.4, -0.2) is 14.8 Å². The highest BCUT2D eigenvalue weighted by Crippen LogP contribution is 2.46. The van der Waals surface area contributed by atoms with E-state index in [2.05, 4.69) is 272 Å². The average Bonchev–Trinajstić information content (AvgIpc) is 3.38. The van der Waals surface area contributed by atoms with Crippen molar-refractivity contribution in [3.05, 3.63) is 260 Å². The molecule has 0 aliphatic carbocycles. The SMILES string of the molecule is Cc1cc2c3c(c1)N(c1ccc([Si](c4ccccc4)(c4ccccc4)c4ccccc4)cc1C)c1ccccc1B3c1ccc(-c3ccccc3)cc1N2c1cccc(-c2ccccc2)c1. The van der Waals surface area contributed by atoms with Gasteiger partial charge in [-0.15, -0.1) is 0 Å². The fourth-order valence-electron chi connectivity index (χ4n) is 11.1. The van der Waals surface area contributed by atoms with E-state index in [0.717, 1.165) is 5.69 Å². The van der Waals surface area contributed by atoms with E-state index in [0.29, 0.717) is 0 Å². The number of hydrogen-bond acceptors (Lipinski definition) is 2. The van der Waals surface area contributed by atoms with Gasteiger partial charge < -0.3 is 9.80 Å². The van der Waals surface area contributed by atoms with E-state index in [-0.39, 0.29) is 6.71 Å². The number of anilines is 6. The number of aryl methyl sites for hydroxylation is 2. The zero-order valence-corrected chi connectivity index (χ0v) is 38.1. The maximum Gasteiger partial charge on any atom is 0.252 e. The van der Waals surface area contributed by atoms with Gasteiger partial charge in [0.25, 0.3) is 6.71 Å². The topological polar surface area (TPSA) is 6.48 Å². The monoisotopic (exact) mass is 858 g/mol. The van der Waals surface area contributed by atoms with Crippen LogP contribution < -0.4 is 46.9 Å². The third-order valence-electron chi connectivity index (χ3n) is 13.9. The van der Waals surface area contributed by atoms with Crippen molar-refractivity contribution in [2.24, 2.45) is 0 Å². The van der Waals surface area contributed by atoms with Crippen LogP contribution in [-0.2, 0) is 0 Å². The van der Waals surface area contributed by atoms with E-state index in [9.17, 15) is 0 Å². The number of para-hydroxylation sites is 1. The second kappa shape index (κ2) is 16.3. The molecule has 12 rings (SSSR count). The minimum atomic E-state index is -2.74. The van der Waals surface area contributed by atoms with Crippen LogP contribution in [0.1, 0.15) is 11.1 Å². The molecule has 2 nitrogen and oxygen atoms in total. The lowest BCUT2D eigenvalue weighted by Crippen LogP contribution is -2.74. The van der Waals surface area contributed by atoms with Crippen molar-refractivity contribution in [2.75, 3.05) is 9.80 Å². The molecule has 4 heteroatoms. The van der Waals surface area contributed by atoms with Crippen LogP contribution in [0, 0.1) is 13.8 Å². The van der Waals surface area contributed by atoms with Gasteiger partial charge in [0.05, 0.1) is 0 Å². The molecule has 0 N–H and O–H groups in total. The summed E-state index contributed by atoms with van der Waals surface area (Å²) in [5.41, 5.74) is 18.4. The molecule has 0 fully saturated rings. The van der Waals surface area contributed by atoms with E-state index in [4.69, 9.17) is 0 Å². The maximum atomic E-state index is 2.56. The van der Waals surface area contributed by atoms with Gasteiger partial charge in [0, 0.05) is 34.1 Å². The number of hydrogen-bond donors (Lipinski definition) is 0. The first-order chi connectivity index (χ1) is 32.6. The Labute approximate surface area is 389 Å². The van der Waals surface area contributed by atoms with Gasteiger partial charge in [-0.05, 0) is 127 Å². The molecule has 0 bridgehead atoms. The van der Waals surface area contributed by atoms with Gasteiger partial charge in [0.15, 0.2) is 8.07 Å². The predicted octanol–water partition coefficient (Wildman–Crippen LogP) is 11.1. The Bertz CT molecular complexity index is 3300. The first kappa shape index (κ1) is 39.7. The molecule has 0 spiro atoms. The largest absolute Gasteiger partial charge is 0.311 e. The second-order valence-electron chi connectivity index (χ2n) is 17.8. The second-order valence-corrected chi connectivity index (χ2v) is 21.6. The zero-order chi connectivity index (χ0) is 44.2. The van der Waals surface area contributed by atoms with Crippen LogP contribution in [0.4, 0.5) is 34.1 Å². The van der Waals surface area contributed by atoms with Gasteiger partial charge in [-0.2, -0.15) is 0 Å². The summed E-state index contributed by atoms with van der Waals surface area (Å²) in [6, 6.07) is 92.8. The van der Waals surface area contributed by atoms with E-state index in [1.807, 2.05) is 0 Å². The first-order valence-electron chi connectivity index (χ1n) is 23.0. The highest BCUT2D eigenvalue weighted by molar-refractivity contribution is 7.20. The molecule has 2 heterocycles. The molecule has 0 radical (unpaired) electrons. The van der Waals surface area contributed by atoms with Gasteiger partial charge in [-0.1, -0.05) is 206 Å². The minimum Gasteiger partial charge on any atom is -0.311 e. The molecular weight excluding hydrogens is 812 g/mol. The number of benzene rings is 10. The van der Waals surface area contributed by atoms with Crippen molar-refractivity contribution in [2.45, 2.75) is 13.8 Å². The van der Waals surface area contributed by atoms with Gasteiger partial charge in [0.1, 0.15) is 0 Å². The van der Waals surface area contributed by atoms with Gasteiger partial charge in [-0.3, -0.25) is 0 Å². The molecule has 0 aromatic heterocycles. The summed E-state index contributed by atoms with van der Waals surface area (Å²) in [7, 11) is -2.74. The lowest BCUT2D eigenvalue weighted by molar-refractivity contribution is 1.23. The summed E-state index contributed by atoms with van der Waals surface area (Å²) in [5.74, 6) is 0. The molecule has 10 aromatic rings. The Morgan fingerprint density at radius 2 is 0.818 bits per heavy atom. The predicted molar refractivity (Wildman–Crippen MR) is 284 cm³/mol. The summed E-state index contributed by atoms with van der Waals surface area (Å²) in [5, 5.41) is 5.49. The van der Waals surface area contributed by atoms with Crippen LogP contribution in [0.5, 0.6) is 0 Å². The van der Waals surface area contributed by atoms with Crippen LogP contribution in [0.15, 0.2) is 249 Å². The standard InChI is InChI=1S/C62H47BN2Si/c1-44-39-60-62-61(40-44)65(57-38-36-54(41-45(57)2)66(51-27-12-5-13-28-51,52-29-14-6-15-30-52)53-31-16-7-17-32-53)58-34-19-18-33-55(58)63(62)56-37-35-49(47-23-10-4-11-24-47)43-59(56)64(60)50-26-20-25-48(42-50)46-21-8-3-9-22-46/h3-43H,1-2H3. The number of rotatable bonds is 8. The van der Waals surface area contributed by atoms with Crippen molar-refractivity contribution >= 4 is 86.0 Å². The molecular formula is C62H47BN2Si. The summed E-state index contributed by atoms with van der Waals surface area (Å²) < 4.78 is 0. The molecule has 0 atom stereocenters. The molecule has 312 valence electrons. The number of fused-ring (bicyclic) bond motifs is 4. The quantitative estimate of drug-likeness (QED) is 0.111. The summed E-state index contributed by atoms with van der Waals surface area (Å²) in [4.78, 5) is 5.10. The molecule has 10 aromatic carbocycles. The maximum absolute atomic E-state index is 2.74. The molecule has 2 aliphatic rings. The zero-order valence-electron chi connectivity index (χ0n) is 37.1. The summed E-state index contributed by atoms with van der Waals surface area (Å²) in [6.07, 6.45) is 0. The van der Waals surface area contributed by atoms with E-state index >= 15 is 0 Å². The summed E-state index contributed by atoms with van der Waals surface area (Å²) in [6.45, 7) is 4.61.